The molecule has 0 saturated carbocycles. The van der Waals surface area contributed by atoms with Crippen molar-refractivity contribution in [2.24, 2.45) is 10.1 Å². The first-order chi connectivity index (χ1) is 17.1. The Kier molecular flexibility index (Phi) is 6.74. The lowest BCUT2D eigenvalue weighted by Crippen LogP contribution is -2.13. The summed E-state index contributed by atoms with van der Waals surface area (Å²) in [5.41, 5.74) is 4.03. The van der Waals surface area contributed by atoms with E-state index < -0.39 is 0 Å². The number of halogens is 2. The van der Waals surface area contributed by atoms with Crippen LogP contribution in [-0.2, 0) is 6.42 Å². The van der Waals surface area contributed by atoms with Crippen molar-refractivity contribution in [2.45, 2.75) is 13.3 Å². The van der Waals surface area contributed by atoms with Gasteiger partial charge in [0.05, 0.1) is 29.4 Å². The lowest BCUT2D eigenvalue weighted by atomic mass is 10.2. The Labute approximate surface area is 210 Å². The first-order valence-electron chi connectivity index (χ1n) is 10.9. The molecule has 5 rings (SSSR count). The summed E-state index contributed by atoms with van der Waals surface area (Å²) in [7, 11) is 0. The van der Waals surface area contributed by atoms with Crippen molar-refractivity contribution >= 4 is 29.2 Å². The van der Waals surface area contributed by atoms with E-state index in [9.17, 15) is 4.39 Å². The maximum Gasteiger partial charge on any atom is 0.206 e. The number of rotatable bonds is 7. The fourth-order valence-electron chi connectivity index (χ4n) is 3.57. The van der Waals surface area contributed by atoms with Crippen LogP contribution in [0.25, 0.3) is 17.1 Å². The van der Waals surface area contributed by atoms with E-state index in [1.807, 2.05) is 42.6 Å². The third-order valence-corrected chi connectivity index (χ3v) is 6.59. The van der Waals surface area contributed by atoms with Crippen molar-refractivity contribution in [3.63, 3.8) is 0 Å². The van der Waals surface area contributed by atoms with Gasteiger partial charge in [-0.15, -0.1) is 11.3 Å². The van der Waals surface area contributed by atoms with Crippen LogP contribution in [0, 0.1) is 12.7 Å². The average Bonchev–Trinajstić information content (AvgIpc) is 3.59. The molecule has 9 heteroatoms. The molecule has 3 heterocycles. The molecule has 3 aromatic heterocycles. The Morgan fingerprint density at radius 3 is 2.63 bits per heavy atom. The summed E-state index contributed by atoms with van der Waals surface area (Å²) in [5, 5.41) is 11.6. The van der Waals surface area contributed by atoms with Crippen LogP contribution in [0.5, 0.6) is 0 Å². The van der Waals surface area contributed by atoms with E-state index in [1.165, 1.54) is 29.0 Å². The summed E-state index contributed by atoms with van der Waals surface area (Å²) >= 11 is 8.13. The highest BCUT2D eigenvalue weighted by molar-refractivity contribution is 7.07. The summed E-state index contributed by atoms with van der Waals surface area (Å²) in [4.78, 5) is 5.53. The molecule has 0 amide bonds. The van der Waals surface area contributed by atoms with Crippen LogP contribution in [-0.4, -0.2) is 27.2 Å². The lowest BCUT2D eigenvalue weighted by Gasteiger charge is -2.03. The first kappa shape index (κ1) is 23.0. The van der Waals surface area contributed by atoms with Crippen LogP contribution in [0.2, 0.25) is 5.15 Å². The van der Waals surface area contributed by atoms with Crippen molar-refractivity contribution in [3.8, 4) is 17.1 Å². The molecule has 35 heavy (non-hydrogen) atoms. The van der Waals surface area contributed by atoms with Crippen LogP contribution in [0.4, 0.5) is 4.39 Å². The molecule has 0 N–H and O–H groups in total. The minimum absolute atomic E-state index is 0.321. The number of aromatic nitrogens is 3. The first-order valence-corrected chi connectivity index (χ1v) is 12.2. The van der Waals surface area contributed by atoms with E-state index in [4.69, 9.17) is 26.1 Å². The van der Waals surface area contributed by atoms with E-state index in [-0.39, 0.29) is 5.82 Å². The van der Waals surface area contributed by atoms with E-state index in [0.717, 1.165) is 16.9 Å². The zero-order chi connectivity index (χ0) is 24.2. The molecule has 0 aliphatic rings. The van der Waals surface area contributed by atoms with Gasteiger partial charge in [-0.3, -0.25) is 4.99 Å². The van der Waals surface area contributed by atoms with E-state index >= 15 is 0 Å². The highest BCUT2D eigenvalue weighted by Gasteiger charge is 2.15. The van der Waals surface area contributed by atoms with Crippen LogP contribution < -0.4 is 4.80 Å². The van der Waals surface area contributed by atoms with Crippen LogP contribution in [0.15, 0.2) is 92.9 Å². The second-order valence-corrected chi connectivity index (χ2v) is 8.93. The third-order valence-electron chi connectivity index (χ3n) is 5.37. The Morgan fingerprint density at radius 2 is 1.89 bits per heavy atom. The molecule has 0 radical (unpaired) electrons. The summed E-state index contributed by atoms with van der Waals surface area (Å²) in [5.74, 6) is 0.367. The SMILES string of the molecule is Cc1nn(-c2ccc(F)cc2)c(Cl)c1C=Nn1c(-c2ccco2)csc1=NCCc1ccccc1. The third kappa shape index (κ3) is 5.03. The summed E-state index contributed by atoms with van der Waals surface area (Å²) in [6.07, 6.45) is 4.12. The topological polar surface area (TPSA) is 60.6 Å². The molecule has 0 atom stereocenters. The van der Waals surface area contributed by atoms with Gasteiger partial charge in [-0.25, -0.2) is 13.7 Å². The molecular weight excluding hydrogens is 485 g/mol. The van der Waals surface area contributed by atoms with Crippen LogP contribution in [0.1, 0.15) is 16.8 Å². The molecule has 176 valence electrons. The monoisotopic (exact) mass is 505 g/mol. The molecule has 0 aliphatic carbocycles. The standard InChI is InChI=1S/C26H21ClFN5OS/c1-18-22(25(27)32(31-18)21-11-9-20(28)10-12-21)16-30-33-23(24-8-5-15-34-24)17-35-26(33)29-14-13-19-6-3-2-4-7-19/h2-12,15-17H,13-14H2,1H3. The maximum atomic E-state index is 13.3. The van der Waals surface area contributed by atoms with Gasteiger partial charge in [-0.1, -0.05) is 41.9 Å². The lowest BCUT2D eigenvalue weighted by molar-refractivity contribution is 0.575. The summed E-state index contributed by atoms with van der Waals surface area (Å²) in [6, 6.07) is 19.9. The van der Waals surface area contributed by atoms with Gasteiger partial charge in [0.1, 0.15) is 16.7 Å². The minimum Gasteiger partial charge on any atom is -0.463 e. The molecule has 0 spiro atoms. The Bertz CT molecular complexity index is 1520. The van der Waals surface area contributed by atoms with Gasteiger partial charge in [0.25, 0.3) is 0 Å². The number of benzene rings is 2. The molecule has 0 saturated heterocycles. The highest BCUT2D eigenvalue weighted by atomic mass is 35.5. The number of hydrogen-bond acceptors (Lipinski definition) is 5. The van der Waals surface area contributed by atoms with E-state index in [2.05, 4.69) is 17.2 Å². The second-order valence-electron chi connectivity index (χ2n) is 7.73. The number of furan rings is 1. The normalized spacial score (nSPS) is 12.1. The van der Waals surface area contributed by atoms with Gasteiger partial charge in [0, 0.05) is 11.9 Å². The Morgan fingerprint density at radius 1 is 1.09 bits per heavy atom. The van der Waals surface area contributed by atoms with Crippen LogP contribution in [0.3, 0.4) is 0 Å². The number of nitrogens with zero attached hydrogens (tertiary/aromatic N) is 5. The second kappa shape index (κ2) is 10.2. The van der Waals surface area contributed by atoms with Crippen LogP contribution >= 0.6 is 22.9 Å². The quantitative estimate of drug-likeness (QED) is 0.250. The minimum atomic E-state index is -0.321. The number of aryl methyl sites for hydroxylation is 1. The molecule has 0 aliphatic heterocycles. The maximum absolute atomic E-state index is 13.3. The molecule has 0 unspecified atom stereocenters. The predicted octanol–water partition coefficient (Wildman–Crippen LogP) is 6.12. The Hall–Kier alpha value is -3.75. The van der Waals surface area contributed by atoms with Crippen molar-refractivity contribution in [1.29, 1.82) is 0 Å². The Balaban J connectivity index is 1.49. The summed E-state index contributed by atoms with van der Waals surface area (Å²) < 4.78 is 22.3. The predicted molar refractivity (Wildman–Crippen MR) is 137 cm³/mol. The fraction of sp³-hybridized carbons (Fsp3) is 0.115. The van der Waals surface area contributed by atoms with E-state index in [0.29, 0.717) is 34.4 Å². The molecule has 2 aromatic carbocycles. The zero-order valence-corrected chi connectivity index (χ0v) is 20.4. The molecule has 5 aromatic rings. The molecular formula is C26H21ClFN5OS. The number of hydrogen-bond donors (Lipinski definition) is 0. The van der Waals surface area contributed by atoms with Gasteiger partial charge in [0.15, 0.2) is 5.76 Å². The van der Waals surface area contributed by atoms with Crippen molar-refractivity contribution in [2.75, 3.05) is 6.54 Å². The van der Waals surface area contributed by atoms with Gasteiger partial charge < -0.3 is 4.42 Å². The zero-order valence-electron chi connectivity index (χ0n) is 18.8. The van der Waals surface area contributed by atoms with Gasteiger partial charge in [0.2, 0.25) is 4.80 Å². The number of thiazole rings is 1. The van der Waals surface area contributed by atoms with Crippen molar-refractivity contribution < 1.29 is 8.81 Å². The van der Waals surface area contributed by atoms with Crippen molar-refractivity contribution in [3.05, 3.63) is 111 Å². The van der Waals surface area contributed by atoms with Gasteiger partial charge in [-0.05, 0) is 55.3 Å². The average molecular weight is 506 g/mol. The largest absolute Gasteiger partial charge is 0.463 e. The molecule has 0 fully saturated rings. The molecule has 6 nitrogen and oxygen atoms in total. The van der Waals surface area contributed by atoms with Gasteiger partial charge in [-0.2, -0.15) is 10.2 Å². The van der Waals surface area contributed by atoms with Crippen molar-refractivity contribution in [1.82, 2.24) is 14.5 Å². The fourth-order valence-corrected chi connectivity index (χ4v) is 4.73. The summed E-state index contributed by atoms with van der Waals surface area (Å²) in [6.45, 7) is 2.48. The van der Waals surface area contributed by atoms with Gasteiger partial charge >= 0.3 is 0 Å². The van der Waals surface area contributed by atoms with E-state index in [1.54, 1.807) is 34.0 Å². The highest BCUT2D eigenvalue weighted by Crippen LogP contribution is 2.24. The smallest absolute Gasteiger partial charge is 0.206 e. The molecule has 0 bridgehead atoms.